The van der Waals surface area contributed by atoms with E-state index in [4.69, 9.17) is 4.74 Å². The average Bonchev–Trinajstić information content (AvgIpc) is 2.35. The highest BCUT2D eigenvalue weighted by molar-refractivity contribution is 5.79. The molecule has 1 aromatic rings. The number of alkyl carbamates (subject to hydrolysis) is 1. The van der Waals surface area contributed by atoms with Gasteiger partial charge in [-0.15, -0.1) is 0 Å². The minimum Gasteiger partial charge on any atom is -0.548 e. The largest absolute Gasteiger partial charge is 0.548 e. The summed E-state index contributed by atoms with van der Waals surface area (Å²) >= 11 is 0. The fraction of sp³-hybridized carbons (Fsp3) is 0.467. The molecular weight excluding hydrogens is 315 g/mol. The normalized spacial score (nSPS) is 13.3. The lowest BCUT2D eigenvalue weighted by molar-refractivity contribution is -0.308. The van der Waals surface area contributed by atoms with Gasteiger partial charge in [-0.05, 0) is 38.8 Å². The van der Waals surface area contributed by atoms with E-state index in [2.05, 4.69) is 5.32 Å². The summed E-state index contributed by atoms with van der Waals surface area (Å²) in [4.78, 5) is 22.7. The van der Waals surface area contributed by atoms with Gasteiger partial charge in [0.2, 0.25) is 0 Å². The number of carbonyl (C=O) groups excluding carboxylic acids is 2. The van der Waals surface area contributed by atoms with Gasteiger partial charge in [-0.25, -0.2) is 4.79 Å². The van der Waals surface area contributed by atoms with E-state index in [1.165, 1.54) is 6.07 Å². The van der Waals surface area contributed by atoms with E-state index in [1.54, 1.807) is 20.8 Å². The first-order valence-corrected chi connectivity index (χ1v) is 6.75. The molecule has 0 aliphatic heterocycles. The van der Waals surface area contributed by atoms with Gasteiger partial charge in [0.05, 0.1) is 17.6 Å². The molecule has 1 atom stereocenters. The zero-order chi connectivity index (χ0) is 17.8. The Hall–Kier alpha value is -2.25. The monoisotopic (exact) mass is 332 g/mol. The number of halogens is 3. The third-order valence-corrected chi connectivity index (χ3v) is 2.67. The lowest BCUT2D eigenvalue weighted by atomic mass is 10.0. The van der Waals surface area contributed by atoms with Crippen LogP contribution in [0.2, 0.25) is 0 Å². The number of rotatable bonds is 4. The molecule has 0 aromatic heterocycles. The molecule has 0 saturated heterocycles. The molecule has 0 heterocycles. The molecule has 1 N–H and O–H groups in total. The molecule has 0 aliphatic rings. The van der Waals surface area contributed by atoms with Gasteiger partial charge in [-0.3, -0.25) is 0 Å². The minimum absolute atomic E-state index is 0.102. The average molecular weight is 332 g/mol. The summed E-state index contributed by atoms with van der Waals surface area (Å²) < 4.78 is 42.8. The number of alkyl halides is 3. The Kier molecular flexibility index (Phi) is 5.63. The lowest BCUT2D eigenvalue weighted by Gasteiger charge is -2.24. The van der Waals surface area contributed by atoms with E-state index < -0.39 is 35.4 Å². The Morgan fingerprint density at radius 2 is 1.87 bits per heavy atom. The molecule has 128 valence electrons. The van der Waals surface area contributed by atoms with Gasteiger partial charge in [-0.1, -0.05) is 18.2 Å². The minimum atomic E-state index is -4.54. The molecular formula is C15H17F3NO4-. The van der Waals surface area contributed by atoms with Gasteiger partial charge >= 0.3 is 12.3 Å². The Labute approximate surface area is 131 Å². The highest BCUT2D eigenvalue weighted by atomic mass is 19.4. The SMILES string of the molecule is CC(C)(C)OC(=O)N[C@H](Cc1cccc(C(F)(F)F)c1)C(=O)[O-]. The van der Waals surface area contributed by atoms with Crippen molar-refractivity contribution in [3.63, 3.8) is 0 Å². The molecule has 1 amide bonds. The number of carbonyl (C=O) groups is 2. The number of amides is 1. The predicted octanol–water partition coefficient (Wildman–Crippen LogP) is 1.89. The van der Waals surface area contributed by atoms with Crippen molar-refractivity contribution in [1.82, 2.24) is 5.32 Å². The third kappa shape index (κ3) is 6.58. The summed E-state index contributed by atoms with van der Waals surface area (Å²) in [5, 5.41) is 13.2. The van der Waals surface area contributed by atoms with Crippen LogP contribution >= 0.6 is 0 Å². The van der Waals surface area contributed by atoms with Crippen molar-refractivity contribution < 1.29 is 32.6 Å². The van der Waals surface area contributed by atoms with Gasteiger partial charge in [0.1, 0.15) is 5.60 Å². The van der Waals surface area contributed by atoms with Crippen LogP contribution in [-0.4, -0.2) is 23.7 Å². The Morgan fingerprint density at radius 3 is 2.35 bits per heavy atom. The van der Waals surface area contributed by atoms with Crippen LogP contribution in [0, 0.1) is 0 Å². The fourth-order valence-electron chi connectivity index (χ4n) is 1.75. The number of carboxylic acids is 1. The van der Waals surface area contributed by atoms with E-state index in [0.29, 0.717) is 0 Å². The van der Waals surface area contributed by atoms with Crippen molar-refractivity contribution in [2.45, 2.75) is 45.0 Å². The van der Waals surface area contributed by atoms with Gasteiger partial charge in [0, 0.05) is 0 Å². The summed E-state index contributed by atoms with van der Waals surface area (Å²) in [6, 6.07) is 2.69. The Morgan fingerprint density at radius 1 is 1.26 bits per heavy atom. The molecule has 5 nitrogen and oxygen atoms in total. The van der Waals surface area contributed by atoms with Crippen molar-refractivity contribution >= 4 is 12.1 Å². The summed E-state index contributed by atoms with van der Waals surface area (Å²) in [6.45, 7) is 4.77. The second-order valence-electron chi connectivity index (χ2n) is 5.92. The molecule has 23 heavy (non-hydrogen) atoms. The number of hydrogen-bond acceptors (Lipinski definition) is 4. The number of hydrogen-bond donors (Lipinski definition) is 1. The topological polar surface area (TPSA) is 78.5 Å². The van der Waals surface area contributed by atoms with Gasteiger partial charge in [-0.2, -0.15) is 13.2 Å². The van der Waals surface area contributed by atoms with Crippen LogP contribution in [0.15, 0.2) is 24.3 Å². The van der Waals surface area contributed by atoms with Crippen LogP contribution in [0.5, 0.6) is 0 Å². The molecule has 0 fully saturated rings. The molecule has 0 spiro atoms. The highest BCUT2D eigenvalue weighted by Gasteiger charge is 2.30. The number of ether oxygens (including phenoxy) is 1. The second-order valence-corrected chi connectivity index (χ2v) is 5.92. The zero-order valence-corrected chi connectivity index (χ0v) is 12.9. The molecule has 0 saturated carbocycles. The van der Waals surface area contributed by atoms with E-state index in [-0.39, 0.29) is 12.0 Å². The van der Waals surface area contributed by atoms with E-state index >= 15 is 0 Å². The zero-order valence-electron chi connectivity index (χ0n) is 12.9. The number of benzene rings is 1. The van der Waals surface area contributed by atoms with Gasteiger partial charge in [0.15, 0.2) is 0 Å². The van der Waals surface area contributed by atoms with Crippen molar-refractivity contribution in [2.24, 2.45) is 0 Å². The molecule has 1 rings (SSSR count). The van der Waals surface area contributed by atoms with Crippen molar-refractivity contribution in [2.75, 3.05) is 0 Å². The quantitative estimate of drug-likeness (QED) is 0.913. The maximum absolute atomic E-state index is 12.6. The Balaban J connectivity index is 2.85. The molecule has 0 radical (unpaired) electrons. The summed E-state index contributed by atoms with van der Waals surface area (Å²) in [7, 11) is 0. The van der Waals surface area contributed by atoms with Crippen LogP contribution in [0.1, 0.15) is 31.9 Å². The smallest absolute Gasteiger partial charge is 0.416 e. The molecule has 0 aliphatic carbocycles. The first-order chi connectivity index (χ1) is 10.4. The van der Waals surface area contributed by atoms with Gasteiger partial charge < -0.3 is 20.0 Å². The van der Waals surface area contributed by atoms with Crippen molar-refractivity contribution in [3.8, 4) is 0 Å². The second kappa shape index (κ2) is 6.89. The van der Waals surface area contributed by atoms with Crippen LogP contribution in [0.3, 0.4) is 0 Å². The van der Waals surface area contributed by atoms with Crippen LogP contribution in [0.4, 0.5) is 18.0 Å². The Bertz CT molecular complexity index is 579. The lowest BCUT2D eigenvalue weighted by Crippen LogP contribution is -2.50. The van der Waals surface area contributed by atoms with Crippen LogP contribution in [0.25, 0.3) is 0 Å². The molecule has 0 bridgehead atoms. The predicted molar refractivity (Wildman–Crippen MR) is 73.3 cm³/mol. The summed E-state index contributed by atoms with van der Waals surface area (Å²) in [5.74, 6) is -1.62. The first-order valence-electron chi connectivity index (χ1n) is 6.75. The number of carboxylic acid groups (broad SMARTS) is 1. The molecule has 0 unspecified atom stereocenters. The van der Waals surface area contributed by atoms with Crippen molar-refractivity contribution in [3.05, 3.63) is 35.4 Å². The van der Waals surface area contributed by atoms with Crippen LogP contribution < -0.4 is 10.4 Å². The fourth-order valence-corrected chi connectivity index (χ4v) is 1.75. The number of aliphatic carboxylic acids is 1. The maximum atomic E-state index is 12.6. The van der Waals surface area contributed by atoms with E-state index in [9.17, 15) is 27.9 Å². The maximum Gasteiger partial charge on any atom is 0.416 e. The third-order valence-electron chi connectivity index (χ3n) is 2.67. The number of nitrogens with one attached hydrogen (secondary N) is 1. The first kappa shape index (κ1) is 18.8. The highest BCUT2D eigenvalue weighted by Crippen LogP contribution is 2.29. The summed E-state index contributed by atoms with van der Waals surface area (Å²) in [6.07, 6.45) is -5.88. The van der Waals surface area contributed by atoms with Gasteiger partial charge in [0.25, 0.3) is 0 Å². The molecule has 1 aromatic carbocycles. The summed E-state index contributed by atoms with van der Waals surface area (Å²) in [5.41, 5.74) is -1.63. The molecule has 8 heteroatoms. The van der Waals surface area contributed by atoms with Crippen LogP contribution in [-0.2, 0) is 22.1 Å². The standard InChI is InChI=1S/C15H18F3NO4/c1-14(2,3)23-13(22)19-11(12(20)21)8-9-5-4-6-10(7-9)15(16,17)18/h4-7,11H,8H2,1-3H3,(H,19,22)(H,20,21)/p-1/t11-/m1/s1. The van der Waals surface area contributed by atoms with E-state index in [0.717, 1.165) is 18.2 Å². The van der Waals surface area contributed by atoms with Crippen molar-refractivity contribution in [1.29, 1.82) is 0 Å². The van der Waals surface area contributed by atoms with E-state index in [1.807, 2.05) is 0 Å².